The van der Waals surface area contributed by atoms with Gasteiger partial charge >= 0.3 is 5.97 Å². The fourth-order valence-corrected chi connectivity index (χ4v) is 2.90. The first-order valence-corrected chi connectivity index (χ1v) is 6.86. The summed E-state index contributed by atoms with van der Waals surface area (Å²) in [7, 11) is 2.88. The number of nitrogens with two attached hydrogens (primary N) is 1. The molecule has 1 heterocycles. The molecule has 1 aromatic heterocycles. The molecule has 100 valence electrons. The van der Waals surface area contributed by atoms with Gasteiger partial charge < -0.3 is 15.2 Å². The number of rotatable bonds is 3. The van der Waals surface area contributed by atoms with Crippen LogP contribution in [0.2, 0.25) is 0 Å². The molecule has 19 heavy (non-hydrogen) atoms. The Morgan fingerprint density at radius 2 is 2.16 bits per heavy atom. The van der Waals surface area contributed by atoms with E-state index in [9.17, 15) is 4.79 Å². The average Bonchev–Trinajstić information content (AvgIpc) is 2.80. The molecule has 2 aromatic rings. The predicted octanol–water partition coefficient (Wildman–Crippen LogP) is 2.95. The van der Waals surface area contributed by atoms with Crippen molar-refractivity contribution >= 4 is 38.2 Å². The minimum Gasteiger partial charge on any atom is -0.497 e. The number of anilines is 1. The van der Waals surface area contributed by atoms with Gasteiger partial charge in [0.2, 0.25) is 0 Å². The molecule has 2 rings (SSSR count). The monoisotopic (exact) mass is 342 g/mol. The zero-order chi connectivity index (χ0) is 14.0. The van der Waals surface area contributed by atoms with Crippen LogP contribution in [0.25, 0.3) is 10.6 Å². The Labute approximate surface area is 122 Å². The van der Waals surface area contributed by atoms with Crippen molar-refractivity contribution in [3.63, 3.8) is 0 Å². The number of benzene rings is 1. The number of aromatic nitrogens is 1. The van der Waals surface area contributed by atoms with Crippen LogP contribution in [0.4, 0.5) is 5.00 Å². The summed E-state index contributed by atoms with van der Waals surface area (Å²) < 4.78 is 10.6. The summed E-state index contributed by atoms with van der Waals surface area (Å²) in [6.45, 7) is 0. The molecular formula is C12H11BrN2O3S. The molecule has 5 nitrogen and oxygen atoms in total. The first-order valence-electron chi connectivity index (χ1n) is 5.25. The van der Waals surface area contributed by atoms with E-state index in [0.717, 1.165) is 10.0 Å². The van der Waals surface area contributed by atoms with Gasteiger partial charge in [0.05, 0.1) is 14.2 Å². The fourth-order valence-electron chi connectivity index (χ4n) is 1.49. The largest absolute Gasteiger partial charge is 0.497 e. The maximum atomic E-state index is 11.5. The number of thiazole rings is 1. The van der Waals surface area contributed by atoms with Crippen molar-refractivity contribution in [3.8, 4) is 16.3 Å². The maximum Gasteiger partial charge on any atom is 0.359 e. The molecule has 0 unspecified atom stereocenters. The van der Waals surface area contributed by atoms with Crippen LogP contribution in [0.3, 0.4) is 0 Å². The molecule has 0 aliphatic heterocycles. The Balaban J connectivity index is 2.50. The van der Waals surface area contributed by atoms with Crippen LogP contribution in [0, 0.1) is 0 Å². The van der Waals surface area contributed by atoms with Gasteiger partial charge in [0, 0.05) is 10.0 Å². The Morgan fingerprint density at radius 3 is 2.79 bits per heavy atom. The highest BCUT2D eigenvalue weighted by Gasteiger charge is 2.19. The first kappa shape index (κ1) is 13.8. The Morgan fingerprint density at radius 1 is 1.42 bits per heavy atom. The lowest BCUT2D eigenvalue weighted by molar-refractivity contribution is 0.0596. The SMILES string of the molecule is COC(=O)c1nc(-c2cc(OC)ccc2Br)sc1N. The van der Waals surface area contributed by atoms with E-state index in [0.29, 0.717) is 15.8 Å². The molecule has 0 fully saturated rings. The highest BCUT2D eigenvalue weighted by atomic mass is 79.9. The molecule has 0 radical (unpaired) electrons. The summed E-state index contributed by atoms with van der Waals surface area (Å²) in [6, 6.07) is 5.50. The summed E-state index contributed by atoms with van der Waals surface area (Å²) in [5.74, 6) is 0.158. The van der Waals surface area contributed by atoms with Crippen molar-refractivity contribution in [1.29, 1.82) is 0 Å². The number of nitrogen functional groups attached to an aromatic ring is 1. The zero-order valence-electron chi connectivity index (χ0n) is 10.3. The highest BCUT2D eigenvalue weighted by molar-refractivity contribution is 9.10. The number of esters is 1. The summed E-state index contributed by atoms with van der Waals surface area (Å²) >= 11 is 4.66. The van der Waals surface area contributed by atoms with E-state index in [1.807, 2.05) is 18.2 Å². The van der Waals surface area contributed by atoms with E-state index in [1.165, 1.54) is 18.4 Å². The second-order valence-corrected chi connectivity index (χ2v) is 5.45. The van der Waals surface area contributed by atoms with Crippen molar-refractivity contribution in [1.82, 2.24) is 4.98 Å². The smallest absolute Gasteiger partial charge is 0.359 e. The van der Waals surface area contributed by atoms with E-state index in [1.54, 1.807) is 7.11 Å². The Kier molecular flexibility index (Phi) is 4.06. The topological polar surface area (TPSA) is 74.4 Å². The molecule has 0 spiro atoms. The summed E-state index contributed by atoms with van der Waals surface area (Å²) in [4.78, 5) is 15.7. The normalized spacial score (nSPS) is 10.3. The third kappa shape index (κ3) is 2.71. The third-order valence-electron chi connectivity index (χ3n) is 2.44. The van der Waals surface area contributed by atoms with E-state index < -0.39 is 5.97 Å². The van der Waals surface area contributed by atoms with Gasteiger partial charge in [0.1, 0.15) is 15.8 Å². The maximum absolute atomic E-state index is 11.5. The van der Waals surface area contributed by atoms with Gasteiger partial charge in [0.15, 0.2) is 5.69 Å². The molecule has 0 aliphatic carbocycles. The van der Waals surface area contributed by atoms with Gasteiger partial charge in [-0.1, -0.05) is 27.3 Å². The summed E-state index contributed by atoms with van der Waals surface area (Å²) in [6.07, 6.45) is 0. The summed E-state index contributed by atoms with van der Waals surface area (Å²) in [5, 5.41) is 0.959. The van der Waals surface area contributed by atoms with Crippen LogP contribution < -0.4 is 10.5 Å². The van der Waals surface area contributed by atoms with Crippen LogP contribution >= 0.6 is 27.3 Å². The lowest BCUT2D eigenvalue weighted by Crippen LogP contribution is -2.04. The molecule has 0 saturated carbocycles. The summed E-state index contributed by atoms with van der Waals surface area (Å²) in [5.41, 5.74) is 6.73. The second kappa shape index (κ2) is 5.58. The minimum atomic E-state index is -0.543. The molecule has 0 amide bonds. The van der Waals surface area contributed by atoms with Gasteiger partial charge in [-0.3, -0.25) is 0 Å². The van der Waals surface area contributed by atoms with Crippen LogP contribution in [-0.4, -0.2) is 25.2 Å². The standard InChI is InChI=1S/C12H11BrN2O3S/c1-17-6-3-4-8(13)7(5-6)11-15-9(10(14)19-11)12(16)18-2/h3-5H,14H2,1-2H3. The quantitative estimate of drug-likeness (QED) is 0.868. The van der Waals surface area contributed by atoms with Crippen molar-refractivity contribution in [2.24, 2.45) is 0 Å². The third-order valence-corrected chi connectivity index (χ3v) is 4.05. The van der Waals surface area contributed by atoms with E-state index in [2.05, 4.69) is 25.7 Å². The number of carbonyl (C=O) groups excluding carboxylic acids is 1. The van der Waals surface area contributed by atoms with E-state index in [4.69, 9.17) is 10.5 Å². The predicted molar refractivity (Wildman–Crippen MR) is 77.6 cm³/mol. The van der Waals surface area contributed by atoms with E-state index in [-0.39, 0.29) is 5.69 Å². The molecule has 0 saturated heterocycles. The first-order chi connectivity index (χ1) is 9.06. The van der Waals surface area contributed by atoms with Crippen LogP contribution in [-0.2, 0) is 4.74 Å². The molecule has 2 N–H and O–H groups in total. The van der Waals surface area contributed by atoms with Crippen molar-refractivity contribution in [2.75, 3.05) is 20.0 Å². The second-order valence-electron chi connectivity index (χ2n) is 3.57. The van der Waals surface area contributed by atoms with Crippen LogP contribution in [0.5, 0.6) is 5.75 Å². The number of carbonyl (C=O) groups is 1. The van der Waals surface area contributed by atoms with Gasteiger partial charge in [0.25, 0.3) is 0 Å². The minimum absolute atomic E-state index is 0.136. The molecule has 1 aromatic carbocycles. The number of hydrogen-bond acceptors (Lipinski definition) is 6. The fraction of sp³-hybridized carbons (Fsp3) is 0.167. The number of nitrogens with zero attached hydrogens (tertiary/aromatic N) is 1. The molecule has 0 aliphatic rings. The van der Waals surface area contributed by atoms with Gasteiger partial charge in [-0.25, -0.2) is 9.78 Å². The lowest BCUT2D eigenvalue weighted by atomic mass is 10.2. The average molecular weight is 343 g/mol. The van der Waals surface area contributed by atoms with Gasteiger partial charge in [-0.15, -0.1) is 0 Å². The number of hydrogen-bond donors (Lipinski definition) is 1. The van der Waals surface area contributed by atoms with Crippen molar-refractivity contribution in [3.05, 3.63) is 28.4 Å². The van der Waals surface area contributed by atoms with Crippen LogP contribution in [0.1, 0.15) is 10.5 Å². The van der Waals surface area contributed by atoms with Gasteiger partial charge in [-0.05, 0) is 18.2 Å². The highest BCUT2D eigenvalue weighted by Crippen LogP contribution is 2.36. The van der Waals surface area contributed by atoms with E-state index >= 15 is 0 Å². The number of methoxy groups -OCH3 is 2. The van der Waals surface area contributed by atoms with Crippen molar-refractivity contribution < 1.29 is 14.3 Å². The van der Waals surface area contributed by atoms with Crippen molar-refractivity contribution in [2.45, 2.75) is 0 Å². The molecule has 0 bridgehead atoms. The zero-order valence-corrected chi connectivity index (χ0v) is 12.7. The number of halogens is 1. The molecular weight excluding hydrogens is 332 g/mol. The van der Waals surface area contributed by atoms with Gasteiger partial charge in [-0.2, -0.15) is 0 Å². The Bertz CT molecular complexity index is 627. The molecule has 7 heteroatoms. The Hall–Kier alpha value is -1.60. The van der Waals surface area contributed by atoms with Crippen LogP contribution in [0.15, 0.2) is 22.7 Å². The molecule has 0 atom stereocenters. The number of ether oxygens (including phenoxy) is 2. The lowest BCUT2D eigenvalue weighted by Gasteiger charge is -2.04.